The van der Waals surface area contributed by atoms with Crippen LogP contribution < -0.4 is 14.3 Å². The highest BCUT2D eigenvalue weighted by Gasteiger charge is 2.18. The fourth-order valence-corrected chi connectivity index (χ4v) is 4.99. The first-order valence-corrected chi connectivity index (χ1v) is 10.3. The second kappa shape index (κ2) is 7.64. The summed E-state index contributed by atoms with van der Waals surface area (Å²) in [7, 11) is -0.888. The maximum Gasteiger partial charge on any atom is 0.285 e. The van der Waals surface area contributed by atoms with E-state index in [9.17, 15) is 8.42 Å². The summed E-state index contributed by atoms with van der Waals surface area (Å²) in [4.78, 5) is 0.260. The summed E-state index contributed by atoms with van der Waals surface area (Å²) in [6.07, 6.45) is 5.49. The van der Waals surface area contributed by atoms with Gasteiger partial charge in [-0.05, 0) is 36.4 Å². The van der Waals surface area contributed by atoms with Gasteiger partial charge in [-0.25, -0.2) is 0 Å². The smallest absolute Gasteiger partial charge is 0.285 e. The molecule has 6 nitrogen and oxygen atoms in total. The average molecular weight is 423 g/mol. The van der Waals surface area contributed by atoms with E-state index in [-0.39, 0.29) is 16.2 Å². The van der Waals surface area contributed by atoms with Crippen LogP contribution in [-0.4, -0.2) is 27.2 Å². The first-order valence-electron chi connectivity index (χ1n) is 7.65. The largest absolute Gasteiger partial charge is 0.495 e. The number of ether oxygens (including phenoxy) is 2. The van der Waals surface area contributed by atoms with Crippen molar-refractivity contribution in [3.63, 3.8) is 0 Å². The van der Waals surface area contributed by atoms with Gasteiger partial charge in [-0.2, -0.15) is 8.42 Å². The standard InChI is InChI=1S/C18H15ClN2O4S2/c1-4-11-21-16-14(24-2)9-10-15(25-3)17(16)26-18(21)20-27(22,23)13-7-5-12(19)6-8-13/h1,5-10H,11H2,2-3H3. The molecular weight excluding hydrogens is 408 g/mol. The maximum absolute atomic E-state index is 12.7. The number of nitrogens with zero attached hydrogens (tertiary/aromatic N) is 2. The Kier molecular flexibility index (Phi) is 5.46. The van der Waals surface area contributed by atoms with Crippen LogP contribution in [0.4, 0.5) is 0 Å². The predicted molar refractivity (Wildman–Crippen MR) is 106 cm³/mol. The third kappa shape index (κ3) is 3.67. The number of sulfonamides is 1. The second-order valence-corrected chi connectivity index (χ2v) is 8.36. The fraction of sp³-hybridized carbons (Fsp3) is 0.167. The zero-order valence-electron chi connectivity index (χ0n) is 14.5. The van der Waals surface area contributed by atoms with Crippen molar-refractivity contribution < 1.29 is 17.9 Å². The minimum Gasteiger partial charge on any atom is -0.495 e. The van der Waals surface area contributed by atoms with E-state index in [2.05, 4.69) is 10.3 Å². The summed E-state index contributed by atoms with van der Waals surface area (Å²) in [5.41, 5.74) is 0.629. The van der Waals surface area contributed by atoms with Crippen molar-refractivity contribution >= 4 is 43.2 Å². The van der Waals surface area contributed by atoms with E-state index in [1.807, 2.05) is 0 Å². The average Bonchev–Trinajstić information content (AvgIpc) is 2.99. The summed E-state index contributed by atoms with van der Waals surface area (Å²) in [6, 6.07) is 9.28. The summed E-state index contributed by atoms with van der Waals surface area (Å²) < 4.78 is 42.6. The SMILES string of the molecule is C#CCn1c(=NS(=O)(=O)c2ccc(Cl)cc2)sc2c(OC)ccc(OC)c21. The minimum absolute atomic E-state index is 0.0375. The molecule has 140 valence electrons. The highest BCUT2D eigenvalue weighted by molar-refractivity contribution is 7.90. The van der Waals surface area contributed by atoms with Crippen LogP contribution in [-0.2, 0) is 16.6 Å². The Morgan fingerprint density at radius 1 is 1.15 bits per heavy atom. The number of thiazole rings is 1. The number of benzene rings is 2. The molecule has 0 aliphatic carbocycles. The van der Waals surface area contributed by atoms with E-state index >= 15 is 0 Å². The number of methoxy groups -OCH3 is 2. The molecule has 0 spiro atoms. The molecule has 0 atom stereocenters. The van der Waals surface area contributed by atoms with Crippen molar-refractivity contribution in [3.05, 3.63) is 46.2 Å². The van der Waals surface area contributed by atoms with Gasteiger partial charge in [-0.15, -0.1) is 10.8 Å². The number of hydrogen-bond acceptors (Lipinski definition) is 5. The maximum atomic E-state index is 12.7. The van der Waals surface area contributed by atoms with E-state index in [0.717, 1.165) is 11.3 Å². The minimum atomic E-state index is -3.95. The lowest BCUT2D eigenvalue weighted by Gasteiger charge is -2.08. The van der Waals surface area contributed by atoms with Gasteiger partial charge in [0.15, 0.2) is 0 Å². The predicted octanol–water partition coefficient (Wildman–Crippen LogP) is 3.30. The number of aromatic nitrogens is 1. The Hall–Kier alpha value is -2.47. The van der Waals surface area contributed by atoms with Crippen LogP contribution in [0.15, 0.2) is 45.7 Å². The molecule has 0 unspecified atom stereocenters. The van der Waals surface area contributed by atoms with E-state index in [1.54, 1.807) is 16.7 Å². The molecule has 0 aliphatic rings. The summed E-state index contributed by atoms with van der Waals surface area (Å²) in [5.74, 6) is 3.65. The molecule has 9 heteroatoms. The van der Waals surface area contributed by atoms with Crippen LogP contribution >= 0.6 is 22.9 Å². The molecule has 0 fully saturated rings. The van der Waals surface area contributed by atoms with E-state index in [4.69, 9.17) is 27.5 Å². The van der Waals surface area contributed by atoms with Crippen LogP contribution in [0.25, 0.3) is 10.2 Å². The van der Waals surface area contributed by atoms with Gasteiger partial charge in [-0.1, -0.05) is 28.9 Å². The summed E-state index contributed by atoms with van der Waals surface area (Å²) >= 11 is 6.99. The topological polar surface area (TPSA) is 69.9 Å². The van der Waals surface area contributed by atoms with Crippen molar-refractivity contribution in [2.45, 2.75) is 11.4 Å². The number of fused-ring (bicyclic) bond motifs is 1. The van der Waals surface area contributed by atoms with Crippen LogP contribution in [0.3, 0.4) is 0 Å². The molecule has 0 N–H and O–H groups in total. The molecular formula is C18H15ClN2O4S2. The monoisotopic (exact) mass is 422 g/mol. The first-order chi connectivity index (χ1) is 12.9. The highest BCUT2D eigenvalue weighted by Crippen LogP contribution is 2.35. The van der Waals surface area contributed by atoms with Gasteiger partial charge < -0.3 is 14.0 Å². The van der Waals surface area contributed by atoms with E-state index < -0.39 is 10.0 Å². The Morgan fingerprint density at radius 3 is 2.37 bits per heavy atom. The Morgan fingerprint density at radius 2 is 1.78 bits per heavy atom. The molecule has 27 heavy (non-hydrogen) atoms. The number of hydrogen-bond donors (Lipinski definition) is 0. The van der Waals surface area contributed by atoms with E-state index in [0.29, 0.717) is 26.7 Å². The molecule has 0 saturated carbocycles. The molecule has 0 radical (unpaired) electrons. The lowest BCUT2D eigenvalue weighted by atomic mass is 10.3. The molecule has 2 aromatic carbocycles. The zero-order valence-corrected chi connectivity index (χ0v) is 16.9. The molecule has 0 bridgehead atoms. The Balaban J connectivity index is 2.33. The van der Waals surface area contributed by atoms with Gasteiger partial charge in [0.1, 0.15) is 21.7 Å². The quantitative estimate of drug-likeness (QED) is 0.591. The van der Waals surface area contributed by atoms with Gasteiger partial charge in [0.25, 0.3) is 10.0 Å². The van der Waals surface area contributed by atoms with Crippen molar-refractivity contribution in [2.75, 3.05) is 14.2 Å². The van der Waals surface area contributed by atoms with Crippen LogP contribution in [0.2, 0.25) is 5.02 Å². The van der Waals surface area contributed by atoms with Crippen molar-refractivity contribution in [3.8, 4) is 23.8 Å². The number of halogens is 1. The van der Waals surface area contributed by atoms with Crippen LogP contribution in [0.1, 0.15) is 0 Å². The Bertz CT molecular complexity index is 1200. The zero-order chi connectivity index (χ0) is 19.6. The molecule has 3 aromatic rings. The molecule has 1 heterocycles. The second-order valence-electron chi connectivity index (χ2n) is 5.34. The normalized spacial score (nSPS) is 12.1. The van der Waals surface area contributed by atoms with Gasteiger partial charge in [0.2, 0.25) is 4.80 Å². The lowest BCUT2D eigenvalue weighted by Crippen LogP contribution is -2.17. The van der Waals surface area contributed by atoms with E-state index in [1.165, 1.54) is 38.5 Å². The van der Waals surface area contributed by atoms with Crippen molar-refractivity contribution in [2.24, 2.45) is 4.40 Å². The third-order valence-electron chi connectivity index (χ3n) is 3.75. The molecule has 3 rings (SSSR count). The molecule has 0 amide bonds. The molecule has 1 aromatic heterocycles. The van der Waals surface area contributed by atoms with Gasteiger partial charge >= 0.3 is 0 Å². The number of rotatable bonds is 5. The van der Waals surface area contributed by atoms with Crippen molar-refractivity contribution in [1.82, 2.24) is 4.57 Å². The van der Waals surface area contributed by atoms with Crippen molar-refractivity contribution in [1.29, 1.82) is 0 Å². The summed E-state index contributed by atoms with van der Waals surface area (Å²) in [6.45, 7) is 0.124. The Labute approximate surface area is 165 Å². The molecule has 0 saturated heterocycles. The van der Waals surface area contributed by atoms with Gasteiger partial charge in [0.05, 0.1) is 25.7 Å². The first kappa shape index (κ1) is 19.3. The van der Waals surface area contributed by atoms with Crippen LogP contribution in [0, 0.1) is 12.3 Å². The van der Waals surface area contributed by atoms with Gasteiger partial charge in [0, 0.05) is 5.02 Å². The van der Waals surface area contributed by atoms with Crippen LogP contribution in [0.5, 0.6) is 11.5 Å². The fourth-order valence-electron chi connectivity index (χ4n) is 2.52. The lowest BCUT2D eigenvalue weighted by molar-refractivity contribution is 0.409. The summed E-state index contributed by atoms with van der Waals surface area (Å²) in [5, 5.41) is 0.438. The van der Waals surface area contributed by atoms with Gasteiger partial charge in [-0.3, -0.25) is 0 Å². The number of terminal acetylenes is 1. The highest BCUT2D eigenvalue weighted by atomic mass is 35.5. The molecule has 0 aliphatic heterocycles. The third-order valence-corrected chi connectivity index (χ3v) is 6.49.